The minimum Gasteiger partial charge on any atom is -0.457 e. The maximum atomic E-state index is 12.8. The molecule has 5 aromatic rings. The lowest BCUT2D eigenvalue weighted by Gasteiger charge is -1.96. The van der Waals surface area contributed by atoms with Gasteiger partial charge in [-0.05, 0) is 48.5 Å². The highest BCUT2D eigenvalue weighted by molar-refractivity contribution is 7.15. The zero-order valence-electron chi connectivity index (χ0n) is 13.3. The first-order valence-corrected chi connectivity index (χ1v) is 9.16. The Hall–Kier alpha value is -2.89. The van der Waals surface area contributed by atoms with Crippen molar-refractivity contribution in [3.63, 3.8) is 0 Å². The summed E-state index contributed by atoms with van der Waals surface area (Å²) in [5, 5.41) is 0.678. The summed E-state index contributed by atoms with van der Waals surface area (Å²) in [6.07, 6.45) is 1.76. The molecule has 0 bridgehead atoms. The number of para-hydroxylation sites is 2. The summed E-state index contributed by atoms with van der Waals surface area (Å²) in [6, 6.07) is 18.8. The molecule has 0 radical (unpaired) electrons. The predicted octanol–water partition coefficient (Wildman–Crippen LogP) is 4.37. The van der Waals surface area contributed by atoms with Crippen molar-refractivity contribution in [3.05, 3.63) is 86.3 Å². The quantitative estimate of drug-likeness (QED) is 0.458. The van der Waals surface area contributed by atoms with Crippen LogP contribution in [0.25, 0.3) is 33.4 Å². The van der Waals surface area contributed by atoms with Crippen LogP contribution in [0.1, 0.15) is 5.76 Å². The molecule has 3 heterocycles. The normalized spacial score (nSPS) is 12.4. The first-order valence-electron chi connectivity index (χ1n) is 7.96. The summed E-state index contributed by atoms with van der Waals surface area (Å²) in [5.74, 6) is 1.35. The maximum absolute atomic E-state index is 12.8. The van der Waals surface area contributed by atoms with Gasteiger partial charge >= 0.3 is 0 Å². The lowest BCUT2D eigenvalue weighted by Crippen LogP contribution is -2.22. The molecule has 126 valence electrons. The SMILES string of the molecule is O=c1/c(=C/c2ccc(-c3ccc(Cl)cc3)o2)sc2nc3ccccc3n12. The molecule has 0 saturated carbocycles. The molecule has 2 aromatic carbocycles. The Morgan fingerprint density at radius 1 is 1.04 bits per heavy atom. The number of fused-ring (bicyclic) bond motifs is 3. The van der Waals surface area contributed by atoms with E-state index in [0.717, 1.165) is 22.4 Å². The van der Waals surface area contributed by atoms with E-state index in [1.54, 1.807) is 10.5 Å². The van der Waals surface area contributed by atoms with Gasteiger partial charge in [-0.15, -0.1) is 0 Å². The average molecular weight is 379 g/mol. The van der Waals surface area contributed by atoms with Crippen molar-refractivity contribution in [2.75, 3.05) is 0 Å². The second-order valence-corrected chi connectivity index (χ2v) is 7.29. The molecular weight excluding hydrogens is 368 g/mol. The highest BCUT2D eigenvalue weighted by Gasteiger charge is 2.11. The van der Waals surface area contributed by atoms with E-state index < -0.39 is 0 Å². The third-order valence-corrected chi connectivity index (χ3v) is 5.39. The fourth-order valence-electron chi connectivity index (χ4n) is 2.94. The van der Waals surface area contributed by atoms with Gasteiger partial charge in [0.15, 0.2) is 4.96 Å². The van der Waals surface area contributed by atoms with Crippen LogP contribution in [0.3, 0.4) is 0 Å². The smallest absolute Gasteiger partial charge is 0.275 e. The fourth-order valence-corrected chi connectivity index (χ4v) is 4.03. The lowest BCUT2D eigenvalue weighted by molar-refractivity contribution is 0.571. The lowest BCUT2D eigenvalue weighted by atomic mass is 10.2. The molecule has 0 amide bonds. The summed E-state index contributed by atoms with van der Waals surface area (Å²) < 4.78 is 8.11. The molecule has 0 spiro atoms. The van der Waals surface area contributed by atoms with Gasteiger partial charge in [-0.25, -0.2) is 9.38 Å². The second-order valence-electron chi connectivity index (χ2n) is 5.84. The molecule has 0 saturated heterocycles. The van der Waals surface area contributed by atoms with Crippen molar-refractivity contribution in [1.29, 1.82) is 0 Å². The van der Waals surface area contributed by atoms with E-state index in [-0.39, 0.29) is 5.56 Å². The van der Waals surface area contributed by atoms with Crippen molar-refractivity contribution in [1.82, 2.24) is 9.38 Å². The standard InChI is InChI=1S/C20H11ClN2O2S/c21-13-7-5-12(6-8-13)17-10-9-14(25-17)11-18-19(24)23-16-4-2-1-3-15(16)22-20(23)26-18/h1-11H/b18-11-. The van der Waals surface area contributed by atoms with Crippen LogP contribution in [0.2, 0.25) is 5.02 Å². The van der Waals surface area contributed by atoms with Crippen molar-refractivity contribution in [3.8, 4) is 11.3 Å². The Morgan fingerprint density at radius 2 is 1.85 bits per heavy atom. The van der Waals surface area contributed by atoms with Gasteiger partial charge in [0, 0.05) is 16.7 Å². The summed E-state index contributed by atoms with van der Waals surface area (Å²) in [6.45, 7) is 0. The van der Waals surface area contributed by atoms with Gasteiger partial charge in [0.25, 0.3) is 5.56 Å². The number of imidazole rings is 1. The molecule has 0 aliphatic heterocycles. The molecule has 0 fully saturated rings. The Bertz CT molecular complexity index is 1360. The number of aromatic nitrogens is 2. The number of hydrogen-bond donors (Lipinski definition) is 0. The molecule has 0 N–H and O–H groups in total. The van der Waals surface area contributed by atoms with E-state index in [0.29, 0.717) is 20.3 Å². The van der Waals surface area contributed by atoms with Crippen molar-refractivity contribution in [2.45, 2.75) is 0 Å². The number of hydrogen-bond acceptors (Lipinski definition) is 4. The molecule has 0 aliphatic rings. The zero-order valence-corrected chi connectivity index (χ0v) is 14.9. The van der Waals surface area contributed by atoms with E-state index >= 15 is 0 Å². The van der Waals surface area contributed by atoms with Crippen LogP contribution in [0, 0.1) is 0 Å². The van der Waals surface area contributed by atoms with Gasteiger partial charge in [-0.1, -0.05) is 35.1 Å². The fraction of sp³-hybridized carbons (Fsp3) is 0. The number of rotatable bonds is 2. The van der Waals surface area contributed by atoms with Gasteiger partial charge in [0.1, 0.15) is 16.1 Å². The van der Waals surface area contributed by atoms with Crippen LogP contribution in [-0.4, -0.2) is 9.38 Å². The zero-order chi connectivity index (χ0) is 17.7. The van der Waals surface area contributed by atoms with E-state index in [1.807, 2.05) is 60.7 Å². The summed E-state index contributed by atoms with van der Waals surface area (Å²) in [5.41, 5.74) is 2.50. The Balaban J connectivity index is 1.62. The molecule has 0 atom stereocenters. The largest absolute Gasteiger partial charge is 0.457 e. The van der Waals surface area contributed by atoms with Crippen LogP contribution in [0.5, 0.6) is 0 Å². The van der Waals surface area contributed by atoms with E-state index in [1.165, 1.54) is 11.3 Å². The van der Waals surface area contributed by atoms with Gasteiger partial charge in [0.05, 0.1) is 11.0 Å². The topological polar surface area (TPSA) is 47.5 Å². The predicted molar refractivity (Wildman–Crippen MR) is 105 cm³/mol. The van der Waals surface area contributed by atoms with Crippen LogP contribution in [-0.2, 0) is 0 Å². The minimum absolute atomic E-state index is 0.0804. The van der Waals surface area contributed by atoms with Crippen LogP contribution < -0.4 is 10.1 Å². The molecule has 3 aromatic heterocycles. The van der Waals surface area contributed by atoms with Crippen LogP contribution in [0.15, 0.2) is 69.9 Å². The molecule has 5 rings (SSSR count). The Morgan fingerprint density at radius 3 is 2.69 bits per heavy atom. The summed E-state index contributed by atoms with van der Waals surface area (Å²) in [4.78, 5) is 18.0. The molecular formula is C20H11ClN2O2S. The number of benzene rings is 2. The van der Waals surface area contributed by atoms with Gasteiger partial charge in [-0.2, -0.15) is 0 Å². The second kappa shape index (κ2) is 5.83. The van der Waals surface area contributed by atoms with Crippen molar-refractivity contribution < 1.29 is 4.42 Å². The number of nitrogens with zero attached hydrogens (tertiary/aromatic N) is 2. The van der Waals surface area contributed by atoms with Crippen LogP contribution >= 0.6 is 22.9 Å². The van der Waals surface area contributed by atoms with Crippen molar-refractivity contribution in [2.24, 2.45) is 0 Å². The molecule has 0 aliphatic carbocycles. The van der Waals surface area contributed by atoms with E-state index in [2.05, 4.69) is 4.98 Å². The van der Waals surface area contributed by atoms with Gasteiger partial charge in [-0.3, -0.25) is 4.79 Å². The molecule has 4 nitrogen and oxygen atoms in total. The molecule has 0 unspecified atom stereocenters. The van der Waals surface area contributed by atoms with Crippen LogP contribution in [0.4, 0.5) is 0 Å². The Labute approximate surface area is 156 Å². The first-order chi connectivity index (χ1) is 12.7. The van der Waals surface area contributed by atoms with Gasteiger partial charge in [0.2, 0.25) is 0 Å². The van der Waals surface area contributed by atoms with Gasteiger partial charge < -0.3 is 4.42 Å². The summed E-state index contributed by atoms with van der Waals surface area (Å²) in [7, 11) is 0. The van der Waals surface area contributed by atoms with E-state index in [4.69, 9.17) is 16.0 Å². The third-order valence-electron chi connectivity index (χ3n) is 4.17. The monoisotopic (exact) mass is 378 g/mol. The maximum Gasteiger partial charge on any atom is 0.275 e. The van der Waals surface area contributed by atoms with Crippen molar-refractivity contribution >= 4 is 45.0 Å². The molecule has 6 heteroatoms. The minimum atomic E-state index is -0.0804. The number of halogens is 1. The van der Waals surface area contributed by atoms with E-state index in [9.17, 15) is 4.79 Å². The summed E-state index contributed by atoms with van der Waals surface area (Å²) >= 11 is 7.28. The highest BCUT2D eigenvalue weighted by Crippen LogP contribution is 2.24. The third kappa shape index (κ3) is 2.44. The highest BCUT2D eigenvalue weighted by atomic mass is 35.5. The molecule has 26 heavy (non-hydrogen) atoms. The average Bonchev–Trinajstić information content (AvgIpc) is 3.32. The first kappa shape index (κ1) is 15.4. The number of thiazole rings is 1. The number of furan rings is 1. The Kier molecular flexibility index (Phi) is 3.45.